The van der Waals surface area contributed by atoms with Crippen LogP contribution < -0.4 is 5.73 Å². The van der Waals surface area contributed by atoms with Crippen LogP contribution in [0.2, 0.25) is 5.02 Å². The Kier molecular flexibility index (Phi) is 3.78. The van der Waals surface area contributed by atoms with Crippen LogP contribution in [0.15, 0.2) is 22.8 Å². The molecular formula is C13H14BrClN4. The summed E-state index contributed by atoms with van der Waals surface area (Å²) in [4.78, 5) is 13.0. The number of nitrogens with two attached hydrogens (primary N) is 1. The highest BCUT2D eigenvalue weighted by atomic mass is 79.9. The van der Waals surface area contributed by atoms with Crippen molar-refractivity contribution in [2.75, 3.05) is 5.73 Å². The molecule has 19 heavy (non-hydrogen) atoms. The highest BCUT2D eigenvalue weighted by molar-refractivity contribution is 9.10. The highest BCUT2D eigenvalue weighted by Gasteiger charge is 2.23. The number of anilines is 1. The van der Waals surface area contributed by atoms with E-state index < -0.39 is 0 Å². The van der Waals surface area contributed by atoms with E-state index in [4.69, 9.17) is 17.3 Å². The largest absolute Gasteiger partial charge is 0.383 e. The third-order valence-corrected chi connectivity index (χ3v) is 3.55. The van der Waals surface area contributed by atoms with Gasteiger partial charge >= 0.3 is 0 Å². The first kappa shape index (κ1) is 14.2. The Morgan fingerprint density at radius 1 is 1.21 bits per heavy atom. The number of rotatable bonds is 1. The Balaban J connectivity index is 2.60. The minimum absolute atomic E-state index is 0.142. The molecule has 4 nitrogen and oxygen atoms in total. The van der Waals surface area contributed by atoms with Gasteiger partial charge in [0, 0.05) is 11.6 Å². The molecule has 0 aliphatic rings. The van der Waals surface area contributed by atoms with E-state index >= 15 is 0 Å². The fraction of sp³-hybridized carbons (Fsp3) is 0.308. The number of pyridine rings is 1. The molecule has 0 radical (unpaired) electrons. The summed E-state index contributed by atoms with van der Waals surface area (Å²) in [6, 6.07) is 3.53. The van der Waals surface area contributed by atoms with Gasteiger partial charge in [0.05, 0.1) is 15.2 Å². The molecule has 2 rings (SSSR count). The standard InChI is InChI=1S/C13H14BrClN4/c1-13(2,3)10-9(14)11(16)19-12(18-10)8-5-4-7(15)6-17-8/h4-6H,1-3H3,(H2,16,18,19). The predicted molar refractivity (Wildman–Crippen MR) is 81.1 cm³/mol. The van der Waals surface area contributed by atoms with Crippen molar-refractivity contribution in [1.29, 1.82) is 0 Å². The maximum atomic E-state index is 5.93. The van der Waals surface area contributed by atoms with Crippen molar-refractivity contribution in [1.82, 2.24) is 15.0 Å². The lowest BCUT2D eigenvalue weighted by molar-refractivity contribution is 0.564. The Morgan fingerprint density at radius 3 is 2.42 bits per heavy atom. The predicted octanol–water partition coefficient (Wildman–Crippen LogP) is 3.83. The number of hydrogen-bond donors (Lipinski definition) is 1. The van der Waals surface area contributed by atoms with Crippen LogP contribution in [0.4, 0.5) is 5.82 Å². The van der Waals surface area contributed by atoms with Gasteiger partial charge in [-0.05, 0) is 28.1 Å². The van der Waals surface area contributed by atoms with Crippen molar-refractivity contribution in [2.24, 2.45) is 0 Å². The van der Waals surface area contributed by atoms with Gasteiger partial charge in [-0.25, -0.2) is 9.97 Å². The normalized spacial score (nSPS) is 11.6. The van der Waals surface area contributed by atoms with Crippen LogP contribution in [0.3, 0.4) is 0 Å². The van der Waals surface area contributed by atoms with Gasteiger partial charge in [-0.3, -0.25) is 4.98 Å². The molecule has 2 N–H and O–H groups in total. The Labute approximate surface area is 125 Å². The van der Waals surface area contributed by atoms with Crippen molar-refractivity contribution in [3.8, 4) is 11.5 Å². The summed E-state index contributed by atoms with van der Waals surface area (Å²) in [5, 5.41) is 0.574. The van der Waals surface area contributed by atoms with Crippen LogP contribution in [-0.2, 0) is 5.41 Å². The highest BCUT2D eigenvalue weighted by Crippen LogP contribution is 2.32. The van der Waals surface area contributed by atoms with Gasteiger partial charge in [0.15, 0.2) is 5.82 Å². The molecule has 0 aromatic carbocycles. The molecule has 2 heterocycles. The molecule has 0 fully saturated rings. The maximum absolute atomic E-state index is 5.93. The summed E-state index contributed by atoms with van der Waals surface area (Å²) in [6.45, 7) is 6.20. The molecule has 2 aromatic rings. The van der Waals surface area contributed by atoms with E-state index in [9.17, 15) is 0 Å². The van der Waals surface area contributed by atoms with E-state index in [1.54, 1.807) is 18.3 Å². The van der Waals surface area contributed by atoms with Crippen molar-refractivity contribution < 1.29 is 0 Å². The van der Waals surface area contributed by atoms with E-state index in [2.05, 4.69) is 51.7 Å². The van der Waals surface area contributed by atoms with Crippen LogP contribution in [0.5, 0.6) is 0 Å². The first-order chi connectivity index (χ1) is 8.79. The second-order valence-corrected chi connectivity index (χ2v) is 6.44. The second-order valence-electron chi connectivity index (χ2n) is 5.21. The third-order valence-electron chi connectivity index (χ3n) is 2.54. The van der Waals surface area contributed by atoms with Gasteiger partial charge < -0.3 is 5.73 Å². The summed E-state index contributed by atoms with van der Waals surface area (Å²) in [5.74, 6) is 0.911. The first-order valence-electron chi connectivity index (χ1n) is 5.74. The Morgan fingerprint density at radius 2 is 1.89 bits per heavy atom. The summed E-state index contributed by atoms with van der Waals surface area (Å²) in [6.07, 6.45) is 1.56. The molecule has 0 unspecified atom stereocenters. The molecule has 0 atom stereocenters. The molecule has 100 valence electrons. The lowest BCUT2D eigenvalue weighted by Crippen LogP contribution is -2.17. The quantitative estimate of drug-likeness (QED) is 0.856. The molecule has 0 saturated carbocycles. The van der Waals surface area contributed by atoms with Crippen LogP contribution >= 0.6 is 27.5 Å². The number of halogens is 2. The first-order valence-corrected chi connectivity index (χ1v) is 6.91. The third kappa shape index (κ3) is 3.04. The number of aromatic nitrogens is 3. The molecule has 0 aliphatic carbocycles. The van der Waals surface area contributed by atoms with Crippen molar-refractivity contribution in [2.45, 2.75) is 26.2 Å². The van der Waals surface area contributed by atoms with Crippen molar-refractivity contribution >= 4 is 33.3 Å². The Bertz CT molecular complexity index is 605. The zero-order valence-corrected chi connectivity index (χ0v) is 13.2. The molecular weight excluding hydrogens is 328 g/mol. The van der Waals surface area contributed by atoms with Gasteiger partial charge in [-0.2, -0.15) is 0 Å². The fourth-order valence-corrected chi connectivity index (χ4v) is 2.47. The molecule has 6 heteroatoms. The summed E-state index contributed by atoms with van der Waals surface area (Å²) >= 11 is 9.27. The van der Waals surface area contributed by atoms with E-state index in [0.29, 0.717) is 22.4 Å². The topological polar surface area (TPSA) is 64.7 Å². The maximum Gasteiger partial charge on any atom is 0.180 e. The van der Waals surface area contributed by atoms with Crippen LogP contribution in [0.25, 0.3) is 11.5 Å². The lowest BCUT2D eigenvalue weighted by Gasteiger charge is -2.20. The zero-order chi connectivity index (χ0) is 14.2. The minimum atomic E-state index is -0.142. The Hall–Kier alpha value is -1.20. The average Bonchev–Trinajstić information content (AvgIpc) is 2.32. The fourth-order valence-electron chi connectivity index (χ4n) is 1.58. The average molecular weight is 342 g/mol. The van der Waals surface area contributed by atoms with Gasteiger partial charge in [0.2, 0.25) is 0 Å². The SMILES string of the molecule is CC(C)(C)c1nc(-c2ccc(Cl)cn2)nc(N)c1Br. The summed E-state index contributed by atoms with van der Waals surface area (Å²) < 4.78 is 0.734. The van der Waals surface area contributed by atoms with E-state index in [1.165, 1.54) is 0 Å². The number of nitrogen functional groups attached to an aromatic ring is 1. The monoisotopic (exact) mass is 340 g/mol. The van der Waals surface area contributed by atoms with Crippen molar-refractivity contribution in [3.05, 3.63) is 33.5 Å². The van der Waals surface area contributed by atoms with Gasteiger partial charge in [0.1, 0.15) is 11.5 Å². The van der Waals surface area contributed by atoms with Crippen LogP contribution in [0, 0.1) is 0 Å². The molecule has 0 bridgehead atoms. The second kappa shape index (κ2) is 5.06. The van der Waals surface area contributed by atoms with Gasteiger partial charge in [-0.1, -0.05) is 32.4 Å². The zero-order valence-electron chi connectivity index (χ0n) is 10.9. The van der Waals surface area contributed by atoms with Crippen LogP contribution in [-0.4, -0.2) is 15.0 Å². The van der Waals surface area contributed by atoms with E-state index in [-0.39, 0.29) is 5.41 Å². The molecule has 0 saturated heterocycles. The minimum Gasteiger partial charge on any atom is -0.383 e. The summed E-state index contributed by atoms with van der Waals surface area (Å²) in [7, 11) is 0. The number of nitrogens with zero attached hydrogens (tertiary/aromatic N) is 3. The lowest BCUT2D eigenvalue weighted by atomic mass is 9.92. The van der Waals surface area contributed by atoms with Crippen LogP contribution in [0.1, 0.15) is 26.5 Å². The van der Waals surface area contributed by atoms with E-state index in [0.717, 1.165) is 10.2 Å². The molecule has 0 spiro atoms. The van der Waals surface area contributed by atoms with Gasteiger partial charge in [-0.15, -0.1) is 0 Å². The molecule has 2 aromatic heterocycles. The van der Waals surface area contributed by atoms with Crippen molar-refractivity contribution in [3.63, 3.8) is 0 Å². The molecule has 0 amide bonds. The number of hydrogen-bond acceptors (Lipinski definition) is 4. The smallest absolute Gasteiger partial charge is 0.180 e. The molecule has 0 aliphatic heterocycles. The summed E-state index contributed by atoms with van der Waals surface area (Å²) in [5.41, 5.74) is 7.29. The van der Waals surface area contributed by atoms with E-state index in [1.807, 2.05) is 0 Å². The van der Waals surface area contributed by atoms with Gasteiger partial charge in [0.25, 0.3) is 0 Å².